The van der Waals surface area contributed by atoms with E-state index < -0.39 is 0 Å². The Morgan fingerprint density at radius 1 is 1.24 bits per heavy atom. The Labute approximate surface area is 148 Å². The lowest BCUT2D eigenvalue weighted by Crippen LogP contribution is -2.55. The molecule has 2 aliphatic rings. The summed E-state index contributed by atoms with van der Waals surface area (Å²) in [6.45, 7) is 8.05. The van der Waals surface area contributed by atoms with E-state index in [1.54, 1.807) is 18.2 Å². The number of amides is 2. The highest BCUT2D eigenvalue weighted by atomic mass is 16.5. The number of rotatable bonds is 6. The van der Waals surface area contributed by atoms with Crippen molar-refractivity contribution in [2.24, 2.45) is 5.92 Å². The molecule has 0 spiro atoms. The fraction of sp³-hybridized carbons (Fsp3) is 0.579. The monoisotopic (exact) mass is 345 g/mol. The number of nitrogens with zero attached hydrogens (tertiary/aromatic N) is 1. The molecule has 0 aromatic heterocycles. The predicted molar refractivity (Wildman–Crippen MR) is 96.6 cm³/mol. The molecule has 1 aliphatic carbocycles. The van der Waals surface area contributed by atoms with Crippen LogP contribution < -0.4 is 10.6 Å². The second-order valence-corrected chi connectivity index (χ2v) is 7.44. The van der Waals surface area contributed by atoms with E-state index in [4.69, 9.17) is 4.74 Å². The fourth-order valence-corrected chi connectivity index (χ4v) is 3.01. The smallest absolute Gasteiger partial charge is 0.251 e. The average molecular weight is 345 g/mol. The summed E-state index contributed by atoms with van der Waals surface area (Å²) in [5.74, 6) is 0.0710. The van der Waals surface area contributed by atoms with Crippen molar-refractivity contribution < 1.29 is 14.3 Å². The molecule has 2 N–H and O–H groups in total. The van der Waals surface area contributed by atoms with Crippen LogP contribution in [-0.2, 0) is 9.53 Å². The second-order valence-electron chi connectivity index (χ2n) is 7.44. The van der Waals surface area contributed by atoms with Gasteiger partial charge in [0.25, 0.3) is 5.91 Å². The normalized spacial score (nSPS) is 18.6. The number of hydrogen-bond acceptors (Lipinski definition) is 4. The third kappa shape index (κ3) is 4.80. The zero-order valence-corrected chi connectivity index (χ0v) is 15.0. The first-order valence-electron chi connectivity index (χ1n) is 8.98. The molecule has 1 saturated heterocycles. The summed E-state index contributed by atoms with van der Waals surface area (Å²) in [7, 11) is 0. The van der Waals surface area contributed by atoms with E-state index in [2.05, 4.69) is 29.4 Å². The summed E-state index contributed by atoms with van der Waals surface area (Å²) in [5, 5.41) is 5.90. The van der Waals surface area contributed by atoms with Crippen LogP contribution in [0.3, 0.4) is 0 Å². The van der Waals surface area contributed by atoms with Crippen LogP contribution in [-0.4, -0.2) is 55.1 Å². The van der Waals surface area contributed by atoms with Gasteiger partial charge in [-0.25, -0.2) is 0 Å². The van der Waals surface area contributed by atoms with Gasteiger partial charge in [0, 0.05) is 42.3 Å². The maximum atomic E-state index is 12.5. The summed E-state index contributed by atoms with van der Waals surface area (Å²) in [6, 6.07) is 7.11. The maximum Gasteiger partial charge on any atom is 0.251 e. The van der Waals surface area contributed by atoms with Gasteiger partial charge in [0.2, 0.25) is 5.91 Å². The van der Waals surface area contributed by atoms with E-state index in [-0.39, 0.29) is 23.3 Å². The molecule has 1 heterocycles. The zero-order valence-electron chi connectivity index (χ0n) is 15.0. The van der Waals surface area contributed by atoms with Gasteiger partial charge in [-0.05, 0) is 44.9 Å². The minimum absolute atomic E-state index is 0.0472. The fourth-order valence-electron chi connectivity index (χ4n) is 3.01. The van der Waals surface area contributed by atoms with E-state index >= 15 is 0 Å². The molecule has 1 saturated carbocycles. The first-order valence-corrected chi connectivity index (χ1v) is 8.98. The number of hydrogen-bond donors (Lipinski definition) is 2. The summed E-state index contributed by atoms with van der Waals surface area (Å²) in [6.07, 6.45) is 1.92. The van der Waals surface area contributed by atoms with Crippen LogP contribution >= 0.6 is 0 Å². The molecule has 25 heavy (non-hydrogen) atoms. The lowest BCUT2D eigenvalue weighted by molar-refractivity contribution is -0.117. The van der Waals surface area contributed by atoms with E-state index in [1.807, 2.05) is 6.07 Å². The molecule has 0 bridgehead atoms. The molecule has 0 atom stereocenters. The SMILES string of the molecule is CC(C)(CNC(=O)c1cccc(NC(=O)C2CC2)c1)N1CCOCC1. The third-order valence-corrected chi connectivity index (χ3v) is 4.89. The van der Waals surface area contributed by atoms with Gasteiger partial charge in [0.15, 0.2) is 0 Å². The highest BCUT2D eigenvalue weighted by Crippen LogP contribution is 2.30. The number of carbonyl (C=O) groups is 2. The third-order valence-electron chi connectivity index (χ3n) is 4.89. The van der Waals surface area contributed by atoms with Crippen molar-refractivity contribution >= 4 is 17.5 Å². The van der Waals surface area contributed by atoms with Crippen molar-refractivity contribution in [3.05, 3.63) is 29.8 Å². The van der Waals surface area contributed by atoms with Crippen molar-refractivity contribution in [2.75, 3.05) is 38.2 Å². The van der Waals surface area contributed by atoms with Crippen LogP contribution in [0.15, 0.2) is 24.3 Å². The van der Waals surface area contributed by atoms with Crippen LogP contribution in [0.25, 0.3) is 0 Å². The number of nitrogens with one attached hydrogen (secondary N) is 2. The summed E-state index contributed by atoms with van der Waals surface area (Å²) < 4.78 is 5.39. The standard InChI is InChI=1S/C19H27N3O3/c1-19(2,22-8-10-25-11-9-22)13-20-17(23)15-4-3-5-16(12-15)21-18(24)14-6-7-14/h3-5,12,14H,6-11,13H2,1-2H3,(H,20,23)(H,21,24). The molecule has 6 nitrogen and oxygen atoms in total. The molecule has 0 radical (unpaired) electrons. The van der Waals surface area contributed by atoms with Crippen molar-refractivity contribution in [3.8, 4) is 0 Å². The Hall–Kier alpha value is -1.92. The molecule has 2 amide bonds. The Morgan fingerprint density at radius 2 is 1.96 bits per heavy atom. The highest BCUT2D eigenvalue weighted by molar-refractivity contribution is 5.98. The van der Waals surface area contributed by atoms with Crippen molar-refractivity contribution in [3.63, 3.8) is 0 Å². The predicted octanol–water partition coefficient (Wildman–Crippen LogP) is 1.88. The van der Waals surface area contributed by atoms with Crippen LogP contribution in [0.5, 0.6) is 0 Å². The number of morpholine rings is 1. The second kappa shape index (κ2) is 7.54. The Morgan fingerprint density at radius 3 is 2.64 bits per heavy atom. The molecular weight excluding hydrogens is 318 g/mol. The Balaban J connectivity index is 1.56. The van der Waals surface area contributed by atoms with Gasteiger partial charge in [0.05, 0.1) is 13.2 Å². The van der Waals surface area contributed by atoms with Crippen molar-refractivity contribution in [2.45, 2.75) is 32.2 Å². The van der Waals surface area contributed by atoms with Gasteiger partial charge in [-0.2, -0.15) is 0 Å². The molecule has 2 fully saturated rings. The Kier molecular flexibility index (Phi) is 5.39. The van der Waals surface area contributed by atoms with E-state index in [1.165, 1.54) is 0 Å². The molecular formula is C19H27N3O3. The number of benzene rings is 1. The summed E-state index contributed by atoms with van der Waals surface area (Å²) >= 11 is 0. The van der Waals surface area contributed by atoms with E-state index in [0.717, 1.165) is 39.1 Å². The number of ether oxygens (including phenoxy) is 1. The molecule has 1 aromatic rings. The molecule has 136 valence electrons. The quantitative estimate of drug-likeness (QED) is 0.826. The minimum Gasteiger partial charge on any atom is -0.379 e. The van der Waals surface area contributed by atoms with Gasteiger partial charge in [-0.3, -0.25) is 14.5 Å². The van der Waals surface area contributed by atoms with Crippen LogP contribution in [0, 0.1) is 5.92 Å². The average Bonchev–Trinajstić information content (AvgIpc) is 3.46. The lowest BCUT2D eigenvalue weighted by atomic mass is 10.0. The molecule has 3 rings (SSSR count). The van der Waals surface area contributed by atoms with E-state index in [9.17, 15) is 9.59 Å². The largest absolute Gasteiger partial charge is 0.379 e. The maximum absolute atomic E-state index is 12.5. The van der Waals surface area contributed by atoms with Gasteiger partial charge < -0.3 is 15.4 Å². The zero-order chi connectivity index (χ0) is 17.9. The first-order chi connectivity index (χ1) is 12.0. The van der Waals surface area contributed by atoms with Gasteiger partial charge in [-0.1, -0.05) is 6.07 Å². The van der Waals surface area contributed by atoms with Crippen LogP contribution in [0.2, 0.25) is 0 Å². The molecule has 0 unspecified atom stereocenters. The number of carbonyl (C=O) groups excluding carboxylic acids is 2. The van der Waals surface area contributed by atoms with Crippen LogP contribution in [0.4, 0.5) is 5.69 Å². The first kappa shape index (κ1) is 17.9. The lowest BCUT2D eigenvalue weighted by Gasteiger charge is -2.40. The Bertz CT molecular complexity index is 635. The topological polar surface area (TPSA) is 70.7 Å². The van der Waals surface area contributed by atoms with E-state index in [0.29, 0.717) is 17.8 Å². The molecule has 1 aliphatic heterocycles. The van der Waals surface area contributed by atoms with Crippen molar-refractivity contribution in [1.82, 2.24) is 10.2 Å². The van der Waals surface area contributed by atoms with Gasteiger partial charge in [-0.15, -0.1) is 0 Å². The summed E-state index contributed by atoms with van der Waals surface area (Å²) in [4.78, 5) is 26.7. The van der Waals surface area contributed by atoms with Gasteiger partial charge in [0.1, 0.15) is 0 Å². The molecule has 1 aromatic carbocycles. The highest BCUT2D eigenvalue weighted by Gasteiger charge is 2.30. The summed E-state index contributed by atoms with van der Waals surface area (Å²) in [5.41, 5.74) is 1.11. The number of anilines is 1. The minimum atomic E-state index is -0.128. The molecule has 6 heteroatoms. The van der Waals surface area contributed by atoms with Crippen molar-refractivity contribution in [1.29, 1.82) is 0 Å². The van der Waals surface area contributed by atoms with Gasteiger partial charge >= 0.3 is 0 Å². The van der Waals surface area contributed by atoms with Crippen LogP contribution in [0.1, 0.15) is 37.0 Å².